The molecule has 0 atom stereocenters. The Morgan fingerprint density at radius 3 is 2.86 bits per heavy atom. The lowest BCUT2D eigenvalue weighted by atomic mass is 10.1. The fourth-order valence-corrected chi connectivity index (χ4v) is 1.18. The first-order chi connectivity index (χ1) is 6.66. The highest BCUT2D eigenvalue weighted by Gasteiger charge is 2.10. The molecule has 1 radical (unpaired) electrons. The molecule has 75 valence electrons. The van der Waals surface area contributed by atoms with Crippen LogP contribution >= 0.6 is 0 Å². The standard InChI is InChI=1S/C10H13N2O2/c1-7-3-2-4-8(10(13)14)9(7)12-6-5-11/h2-4,12H,1,5-6,11H2,(H,13,14). The van der Waals surface area contributed by atoms with E-state index in [1.807, 2.05) is 0 Å². The van der Waals surface area contributed by atoms with Crippen LogP contribution in [0.15, 0.2) is 18.2 Å². The fourth-order valence-electron chi connectivity index (χ4n) is 1.18. The van der Waals surface area contributed by atoms with Gasteiger partial charge in [0.15, 0.2) is 0 Å². The Balaban J connectivity index is 3.02. The molecule has 0 saturated heterocycles. The first-order valence-corrected chi connectivity index (χ1v) is 4.29. The van der Waals surface area contributed by atoms with Crippen molar-refractivity contribution in [2.45, 2.75) is 0 Å². The topological polar surface area (TPSA) is 75.3 Å². The molecule has 0 aliphatic heterocycles. The molecule has 4 nitrogen and oxygen atoms in total. The number of hydrogen-bond acceptors (Lipinski definition) is 3. The van der Waals surface area contributed by atoms with Crippen molar-refractivity contribution in [2.24, 2.45) is 5.73 Å². The van der Waals surface area contributed by atoms with Gasteiger partial charge in [0.1, 0.15) is 0 Å². The molecular weight excluding hydrogens is 180 g/mol. The Hall–Kier alpha value is -1.55. The van der Waals surface area contributed by atoms with E-state index in [4.69, 9.17) is 10.8 Å². The van der Waals surface area contributed by atoms with Crippen LogP contribution in [0.2, 0.25) is 0 Å². The smallest absolute Gasteiger partial charge is 0.337 e. The van der Waals surface area contributed by atoms with Crippen molar-refractivity contribution in [3.8, 4) is 0 Å². The average molecular weight is 193 g/mol. The monoisotopic (exact) mass is 193 g/mol. The molecule has 0 amide bonds. The van der Waals surface area contributed by atoms with E-state index >= 15 is 0 Å². The molecule has 0 heterocycles. The number of rotatable bonds is 4. The van der Waals surface area contributed by atoms with Crippen LogP contribution in [-0.4, -0.2) is 24.2 Å². The summed E-state index contributed by atoms with van der Waals surface area (Å²) in [6, 6.07) is 4.96. The van der Waals surface area contributed by atoms with E-state index < -0.39 is 5.97 Å². The number of para-hydroxylation sites is 1. The lowest BCUT2D eigenvalue weighted by Crippen LogP contribution is -2.16. The van der Waals surface area contributed by atoms with E-state index in [-0.39, 0.29) is 5.56 Å². The van der Waals surface area contributed by atoms with Gasteiger partial charge in [-0.15, -0.1) is 0 Å². The number of nitrogens with two attached hydrogens (primary N) is 1. The maximum Gasteiger partial charge on any atom is 0.337 e. The second-order valence-corrected chi connectivity index (χ2v) is 2.86. The highest BCUT2D eigenvalue weighted by atomic mass is 16.4. The molecule has 0 saturated carbocycles. The number of anilines is 1. The predicted molar refractivity (Wildman–Crippen MR) is 55.4 cm³/mol. The van der Waals surface area contributed by atoms with E-state index in [9.17, 15) is 4.79 Å². The highest BCUT2D eigenvalue weighted by molar-refractivity contribution is 5.95. The molecule has 1 aromatic rings. The summed E-state index contributed by atoms with van der Waals surface area (Å²) in [7, 11) is 0. The van der Waals surface area contributed by atoms with E-state index in [1.54, 1.807) is 12.1 Å². The number of nitrogens with one attached hydrogen (secondary N) is 1. The number of carboxylic acids is 1. The minimum absolute atomic E-state index is 0.228. The molecule has 0 bridgehead atoms. The zero-order valence-electron chi connectivity index (χ0n) is 7.79. The van der Waals surface area contributed by atoms with Gasteiger partial charge < -0.3 is 16.2 Å². The number of benzene rings is 1. The van der Waals surface area contributed by atoms with E-state index in [1.165, 1.54) is 6.07 Å². The van der Waals surface area contributed by atoms with Crippen LogP contribution in [0, 0.1) is 6.92 Å². The maximum absolute atomic E-state index is 10.8. The number of aromatic carboxylic acids is 1. The predicted octanol–water partition coefficient (Wildman–Crippen LogP) is 0.938. The minimum Gasteiger partial charge on any atom is -0.478 e. The summed E-state index contributed by atoms with van der Waals surface area (Å²) in [5, 5.41) is 11.8. The van der Waals surface area contributed by atoms with Crippen LogP contribution in [0.1, 0.15) is 15.9 Å². The van der Waals surface area contributed by atoms with Gasteiger partial charge in [0.25, 0.3) is 0 Å². The molecular formula is C10H13N2O2. The first-order valence-electron chi connectivity index (χ1n) is 4.29. The maximum atomic E-state index is 10.8. The summed E-state index contributed by atoms with van der Waals surface area (Å²) in [4.78, 5) is 10.8. The van der Waals surface area contributed by atoms with Gasteiger partial charge in [-0.3, -0.25) is 0 Å². The third kappa shape index (κ3) is 2.23. The summed E-state index contributed by atoms with van der Waals surface area (Å²) in [6.45, 7) is 4.74. The van der Waals surface area contributed by atoms with Crippen LogP contribution in [-0.2, 0) is 0 Å². The quantitative estimate of drug-likeness (QED) is 0.665. The van der Waals surface area contributed by atoms with Crippen LogP contribution < -0.4 is 11.1 Å². The Morgan fingerprint density at radius 1 is 1.57 bits per heavy atom. The second kappa shape index (κ2) is 4.62. The van der Waals surface area contributed by atoms with Gasteiger partial charge in [0.05, 0.1) is 11.3 Å². The average Bonchev–Trinajstić information content (AvgIpc) is 2.15. The van der Waals surface area contributed by atoms with Gasteiger partial charge in [0, 0.05) is 13.1 Å². The molecule has 0 fully saturated rings. The Bertz CT molecular complexity index is 337. The van der Waals surface area contributed by atoms with Crippen LogP contribution in [0.25, 0.3) is 0 Å². The third-order valence-electron chi connectivity index (χ3n) is 1.83. The Labute approximate surface area is 82.7 Å². The van der Waals surface area contributed by atoms with E-state index in [2.05, 4.69) is 12.2 Å². The SMILES string of the molecule is [CH2]c1cccc(C(=O)O)c1NCCN. The molecule has 4 heteroatoms. The van der Waals surface area contributed by atoms with E-state index in [0.29, 0.717) is 24.3 Å². The molecule has 14 heavy (non-hydrogen) atoms. The van der Waals surface area contributed by atoms with Crippen LogP contribution in [0.5, 0.6) is 0 Å². The summed E-state index contributed by atoms with van der Waals surface area (Å²) in [5.41, 5.74) is 6.76. The lowest BCUT2D eigenvalue weighted by molar-refractivity contribution is 0.0698. The summed E-state index contributed by atoms with van der Waals surface area (Å²) >= 11 is 0. The second-order valence-electron chi connectivity index (χ2n) is 2.86. The first kappa shape index (κ1) is 10.5. The minimum atomic E-state index is -0.963. The molecule has 1 aromatic carbocycles. The Morgan fingerprint density at radius 2 is 2.29 bits per heavy atom. The molecule has 0 aliphatic carbocycles. The van der Waals surface area contributed by atoms with Gasteiger partial charge in [-0.1, -0.05) is 12.1 Å². The van der Waals surface area contributed by atoms with E-state index in [0.717, 1.165) is 0 Å². The van der Waals surface area contributed by atoms with Crippen LogP contribution in [0.4, 0.5) is 5.69 Å². The summed E-state index contributed by atoms with van der Waals surface area (Å²) in [5.74, 6) is -0.963. The van der Waals surface area contributed by atoms with Gasteiger partial charge in [-0.25, -0.2) is 4.79 Å². The molecule has 0 unspecified atom stereocenters. The van der Waals surface area contributed by atoms with Crippen molar-refractivity contribution < 1.29 is 9.90 Å². The third-order valence-corrected chi connectivity index (χ3v) is 1.83. The normalized spacial score (nSPS) is 9.86. The molecule has 0 spiro atoms. The van der Waals surface area contributed by atoms with Gasteiger partial charge >= 0.3 is 5.97 Å². The van der Waals surface area contributed by atoms with Gasteiger partial charge in [-0.05, 0) is 18.6 Å². The number of hydrogen-bond donors (Lipinski definition) is 3. The summed E-state index contributed by atoms with van der Waals surface area (Å²) in [6.07, 6.45) is 0. The van der Waals surface area contributed by atoms with Gasteiger partial charge in [-0.2, -0.15) is 0 Å². The molecule has 0 aromatic heterocycles. The molecule has 4 N–H and O–H groups in total. The fraction of sp³-hybridized carbons (Fsp3) is 0.200. The summed E-state index contributed by atoms with van der Waals surface area (Å²) < 4.78 is 0. The van der Waals surface area contributed by atoms with Crippen molar-refractivity contribution in [1.82, 2.24) is 0 Å². The zero-order valence-corrected chi connectivity index (χ0v) is 7.79. The molecule has 1 rings (SSSR count). The Kier molecular flexibility index (Phi) is 3.48. The molecule has 0 aliphatic rings. The van der Waals surface area contributed by atoms with Crippen LogP contribution in [0.3, 0.4) is 0 Å². The van der Waals surface area contributed by atoms with Crippen molar-refractivity contribution in [2.75, 3.05) is 18.4 Å². The largest absolute Gasteiger partial charge is 0.478 e. The van der Waals surface area contributed by atoms with Gasteiger partial charge in [0.2, 0.25) is 0 Å². The van der Waals surface area contributed by atoms with Crippen molar-refractivity contribution in [1.29, 1.82) is 0 Å². The highest BCUT2D eigenvalue weighted by Crippen LogP contribution is 2.19. The number of carboxylic acid groups (broad SMARTS) is 1. The lowest BCUT2D eigenvalue weighted by Gasteiger charge is -2.11. The number of carbonyl (C=O) groups is 1. The van der Waals surface area contributed by atoms with Crippen molar-refractivity contribution in [3.05, 3.63) is 36.2 Å². The van der Waals surface area contributed by atoms with Crippen molar-refractivity contribution in [3.63, 3.8) is 0 Å². The zero-order chi connectivity index (χ0) is 10.6. The van der Waals surface area contributed by atoms with Crippen molar-refractivity contribution >= 4 is 11.7 Å².